The van der Waals surface area contributed by atoms with Gasteiger partial charge in [0.25, 0.3) is 0 Å². The van der Waals surface area contributed by atoms with Crippen molar-refractivity contribution in [1.82, 2.24) is 19.6 Å². The zero-order valence-electron chi connectivity index (χ0n) is 16.1. The first kappa shape index (κ1) is 18.2. The summed E-state index contributed by atoms with van der Waals surface area (Å²) in [5.74, 6) is 3.41. The number of hydrogen-bond donors (Lipinski definition) is 1. The first-order valence-corrected chi connectivity index (χ1v) is 10.6. The van der Waals surface area contributed by atoms with Gasteiger partial charge in [-0.3, -0.25) is 4.99 Å². The normalized spacial score (nSPS) is 22.8. The largest absolute Gasteiger partial charge is 0.356 e. The molecule has 1 aromatic heterocycles. The van der Waals surface area contributed by atoms with Gasteiger partial charge in [-0.15, -0.1) is 0 Å². The van der Waals surface area contributed by atoms with E-state index in [1.165, 1.54) is 23.5 Å². The zero-order valence-corrected chi connectivity index (χ0v) is 17.0. The molecule has 2 atom stereocenters. The van der Waals surface area contributed by atoms with Crippen LogP contribution in [-0.2, 0) is 6.42 Å². The fraction of sp³-hybridized carbons (Fsp3) is 0.550. The van der Waals surface area contributed by atoms with E-state index in [9.17, 15) is 0 Å². The van der Waals surface area contributed by atoms with Crippen LogP contribution in [0.3, 0.4) is 0 Å². The molecule has 0 amide bonds. The highest BCUT2D eigenvalue weighted by atomic mass is 32.1. The molecule has 6 nitrogen and oxygen atoms in total. The molecular formula is C20H28N6S. The average Bonchev–Trinajstić information content (AvgIpc) is 3.35. The van der Waals surface area contributed by atoms with Crippen molar-refractivity contribution >= 4 is 22.6 Å². The van der Waals surface area contributed by atoms with Gasteiger partial charge in [0.1, 0.15) is 5.82 Å². The van der Waals surface area contributed by atoms with Crippen LogP contribution in [0.15, 0.2) is 35.3 Å². The molecular weight excluding hydrogens is 356 g/mol. The minimum Gasteiger partial charge on any atom is -0.356 e. The second-order valence-electron chi connectivity index (χ2n) is 7.26. The van der Waals surface area contributed by atoms with E-state index < -0.39 is 0 Å². The van der Waals surface area contributed by atoms with Gasteiger partial charge in [-0.2, -0.15) is 4.37 Å². The summed E-state index contributed by atoms with van der Waals surface area (Å²) in [4.78, 5) is 13.8. The summed E-state index contributed by atoms with van der Waals surface area (Å²) < 4.78 is 4.41. The molecule has 1 saturated carbocycles. The Morgan fingerprint density at radius 3 is 2.67 bits per heavy atom. The van der Waals surface area contributed by atoms with Crippen molar-refractivity contribution in [2.75, 3.05) is 44.7 Å². The monoisotopic (exact) mass is 384 g/mol. The fourth-order valence-electron chi connectivity index (χ4n) is 3.76. The summed E-state index contributed by atoms with van der Waals surface area (Å²) >= 11 is 1.52. The van der Waals surface area contributed by atoms with Gasteiger partial charge in [0.05, 0.1) is 0 Å². The Labute approximate surface area is 165 Å². The Bertz CT molecular complexity index is 766. The number of aromatic nitrogens is 2. The van der Waals surface area contributed by atoms with Crippen molar-refractivity contribution in [1.29, 1.82) is 0 Å². The van der Waals surface area contributed by atoms with Crippen LogP contribution in [0.4, 0.5) is 5.13 Å². The van der Waals surface area contributed by atoms with Crippen molar-refractivity contribution < 1.29 is 0 Å². The van der Waals surface area contributed by atoms with Crippen molar-refractivity contribution in [2.45, 2.75) is 25.7 Å². The number of nitrogens with zero attached hydrogens (tertiary/aromatic N) is 5. The summed E-state index contributed by atoms with van der Waals surface area (Å²) in [6.07, 6.45) is 2.18. The molecule has 0 spiro atoms. The maximum atomic E-state index is 4.62. The van der Waals surface area contributed by atoms with Gasteiger partial charge in [0.15, 0.2) is 5.96 Å². The van der Waals surface area contributed by atoms with Crippen molar-refractivity contribution in [3.8, 4) is 0 Å². The summed E-state index contributed by atoms with van der Waals surface area (Å²) in [6, 6.07) is 10.9. The van der Waals surface area contributed by atoms with Crippen LogP contribution in [0.2, 0.25) is 0 Å². The Kier molecular flexibility index (Phi) is 5.57. The number of piperazine rings is 1. The lowest BCUT2D eigenvalue weighted by Gasteiger charge is -2.36. The van der Waals surface area contributed by atoms with Gasteiger partial charge in [0.2, 0.25) is 5.13 Å². The first-order chi connectivity index (χ1) is 13.3. The topological polar surface area (TPSA) is 56.7 Å². The third kappa shape index (κ3) is 4.24. The summed E-state index contributed by atoms with van der Waals surface area (Å²) in [5.41, 5.74) is 1.47. The molecule has 1 saturated heterocycles. The second kappa shape index (κ2) is 8.25. The number of anilines is 1. The molecule has 4 rings (SSSR count). The van der Waals surface area contributed by atoms with Gasteiger partial charge in [-0.25, -0.2) is 4.98 Å². The molecule has 0 bridgehead atoms. The number of hydrogen-bond acceptors (Lipinski definition) is 5. The molecule has 2 aromatic rings. The molecule has 27 heavy (non-hydrogen) atoms. The third-order valence-electron chi connectivity index (χ3n) is 5.51. The standard InChI is InChI=1S/C20H28N6S/c1-3-18-23-20(27-24-18)26-11-9-25(10-12-26)19(21-2)22-14-16-13-17(16)15-7-5-4-6-8-15/h4-8,16-17H,3,9-14H2,1-2H3,(H,21,22). The Balaban J connectivity index is 1.25. The Morgan fingerprint density at radius 2 is 2.00 bits per heavy atom. The van der Waals surface area contributed by atoms with E-state index in [0.717, 1.165) is 62.0 Å². The molecule has 2 heterocycles. The fourth-order valence-corrected chi connectivity index (χ4v) is 4.56. The SMILES string of the molecule is CCc1nsc(N2CCN(C(=NC)NCC3CC3c3ccccc3)CC2)n1. The predicted molar refractivity (Wildman–Crippen MR) is 112 cm³/mol. The number of aliphatic imine (C=N–C) groups is 1. The first-order valence-electron chi connectivity index (χ1n) is 9.86. The highest BCUT2D eigenvalue weighted by Gasteiger charge is 2.38. The Morgan fingerprint density at radius 1 is 1.22 bits per heavy atom. The summed E-state index contributed by atoms with van der Waals surface area (Å²) in [6.45, 7) is 6.97. The maximum Gasteiger partial charge on any atom is 0.205 e. The number of nitrogens with one attached hydrogen (secondary N) is 1. The van der Waals surface area contributed by atoms with Crippen LogP contribution in [0.25, 0.3) is 0 Å². The van der Waals surface area contributed by atoms with Crippen LogP contribution in [0.1, 0.15) is 30.7 Å². The molecule has 1 aliphatic carbocycles. The van der Waals surface area contributed by atoms with Crippen molar-refractivity contribution in [3.63, 3.8) is 0 Å². The van der Waals surface area contributed by atoms with Crippen molar-refractivity contribution in [2.24, 2.45) is 10.9 Å². The van der Waals surface area contributed by atoms with E-state index in [1.807, 2.05) is 7.05 Å². The molecule has 144 valence electrons. The summed E-state index contributed by atoms with van der Waals surface area (Å²) in [5, 5.41) is 4.65. The van der Waals surface area contributed by atoms with Crippen LogP contribution < -0.4 is 10.2 Å². The smallest absolute Gasteiger partial charge is 0.205 e. The van der Waals surface area contributed by atoms with Crippen LogP contribution in [0, 0.1) is 5.92 Å². The van der Waals surface area contributed by atoms with Gasteiger partial charge >= 0.3 is 0 Å². The predicted octanol–water partition coefficient (Wildman–Crippen LogP) is 2.60. The molecule has 1 aromatic carbocycles. The minimum absolute atomic E-state index is 0.707. The maximum absolute atomic E-state index is 4.62. The number of guanidine groups is 1. The van der Waals surface area contributed by atoms with Crippen LogP contribution >= 0.6 is 11.5 Å². The van der Waals surface area contributed by atoms with Crippen LogP contribution in [0.5, 0.6) is 0 Å². The zero-order chi connectivity index (χ0) is 18.6. The molecule has 1 N–H and O–H groups in total. The lowest BCUT2D eigenvalue weighted by molar-refractivity contribution is 0.371. The van der Waals surface area contributed by atoms with E-state index in [-0.39, 0.29) is 0 Å². The minimum atomic E-state index is 0.707. The quantitative estimate of drug-likeness (QED) is 0.634. The van der Waals surface area contributed by atoms with Gasteiger partial charge in [0, 0.05) is 57.7 Å². The lowest BCUT2D eigenvalue weighted by atomic mass is 10.1. The number of aryl methyl sites for hydroxylation is 1. The number of benzene rings is 1. The van der Waals surface area contributed by atoms with Gasteiger partial charge in [-0.05, 0) is 23.8 Å². The second-order valence-corrected chi connectivity index (χ2v) is 7.99. The highest BCUT2D eigenvalue weighted by Crippen LogP contribution is 2.46. The molecule has 0 radical (unpaired) electrons. The molecule has 1 aliphatic heterocycles. The molecule has 2 aliphatic rings. The van der Waals surface area contributed by atoms with E-state index in [4.69, 9.17) is 0 Å². The molecule has 2 fully saturated rings. The molecule has 7 heteroatoms. The van der Waals surface area contributed by atoms with Gasteiger partial charge in [-0.1, -0.05) is 37.3 Å². The van der Waals surface area contributed by atoms with E-state index >= 15 is 0 Å². The number of rotatable bonds is 5. The van der Waals surface area contributed by atoms with E-state index in [1.54, 1.807) is 0 Å². The van der Waals surface area contributed by atoms with E-state index in [2.05, 4.69) is 66.7 Å². The average molecular weight is 385 g/mol. The van der Waals surface area contributed by atoms with Gasteiger partial charge < -0.3 is 15.1 Å². The molecule has 2 unspecified atom stereocenters. The van der Waals surface area contributed by atoms with E-state index in [0.29, 0.717) is 5.92 Å². The highest BCUT2D eigenvalue weighted by molar-refractivity contribution is 7.09. The van der Waals surface area contributed by atoms with Crippen LogP contribution in [-0.4, -0.2) is 60.0 Å². The van der Waals surface area contributed by atoms with Crippen molar-refractivity contribution in [3.05, 3.63) is 41.7 Å². The third-order valence-corrected chi connectivity index (χ3v) is 6.32. The Hall–Kier alpha value is -2.15. The lowest BCUT2D eigenvalue weighted by Crippen LogP contribution is -2.52. The summed E-state index contributed by atoms with van der Waals surface area (Å²) in [7, 11) is 1.88.